The number of benzene rings is 1. The molecule has 0 saturated carbocycles. The van der Waals surface area contributed by atoms with Crippen LogP contribution in [0.3, 0.4) is 0 Å². The van der Waals surface area contributed by atoms with Gasteiger partial charge in [-0.05, 0) is 49.9 Å². The van der Waals surface area contributed by atoms with E-state index in [1.165, 1.54) is 32.4 Å². The van der Waals surface area contributed by atoms with Crippen LogP contribution in [0.2, 0.25) is 0 Å². The van der Waals surface area contributed by atoms with Gasteiger partial charge in [0.05, 0.1) is 26.1 Å². The second-order valence-corrected chi connectivity index (χ2v) is 6.18. The molecule has 1 aliphatic heterocycles. The molecule has 1 amide bonds. The van der Waals surface area contributed by atoms with E-state index in [9.17, 15) is 4.79 Å². The van der Waals surface area contributed by atoms with E-state index in [1.54, 1.807) is 4.90 Å². The lowest BCUT2D eigenvalue weighted by Crippen LogP contribution is -3.12. The highest BCUT2D eigenvalue weighted by Crippen LogP contribution is 2.19. The average Bonchev–Trinajstić information content (AvgIpc) is 2.42. The third kappa shape index (κ3) is 4.62. The molecule has 0 atom stereocenters. The van der Waals surface area contributed by atoms with Gasteiger partial charge in [-0.3, -0.25) is 4.79 Å². The first-order valence-corrected chi connectivity index (χ1v) is 7.84. The third-order valence-electron chi connectivity index (χ3n) is 3.71. The Hall–Kier alpha value is -0.870. The zero-order valence-corrected chi connectivity index (χ0v) is 13.1. The number of halogens is 1. The molecule has 1 aliphatic rings. The number of hydrogen-bond acceptors (Lipinski definition) is 1. The van der Waals surface area contributed by atoms with Gasteiger partial charge in [0.2, 0.25) is 5.91 Å². The Morgan fingerprint density at radius 1 is 1.32 bits per heavy atom. The summed E-state index contributed by atoms with van der Waals surface area (Å²) in [7, 11) is 0. The number of likely N-dealkylation sites (tertiary alicyclic amines) is 1. The highest BCUT2D eigenvalue weighted by Gasteiger charge is 2.14. The summed E-state index contributed by atoms with van der Waals surface area (Å²) < 4.78 is 1.07. The van der Waals surface area contributed by atoms with Crippen molar-refractivity contribution in [3.8, 4) is 0 Å². The monoisotopic (exact) mass is 325 g/mol. The van der Waals surface area contributed by atoms with Crippen molar-refractivity contribution < 1.29 is 9.69 Å². The number of carbonyl (C=O) groups is 1. The highest BCUT2D eigenvalue weighted by atomic mass is 79.9. The van der Waals surface area contributed by atoms with Gasteiger partial charge in [0.1, 0.15) is 0 Å². The van der Waals surface area contributed by atoms with Gasteiger partial charge >= 0.3 is 0 Å². The number of aryl methyl sites for hydroxylation is 1. The molecule has 0 unspecified atom stereocenters. The number of hydrogen-bond donors (Lipinski definition) is 2. The fourth-order valence-electron chi connectivity index (χ4n) is 2.54. The normalized spacial score (nSPS) is 16.3. The van der Waals surface area contributed by atoms with Crippen LogP contribution in [0.25, 0.3) is 0 Å². The highest BCUT2D eigenvalue weighted by molar-refractivity contribution is 9.10. The minimum Gasteiger partial charge on any atom is -0.335 e. The maximum absolute atomic E-state index is 11.9. The van der Waals surface area contributed by atoms with E-state index in [0.717, 1.165) is 22.3 Å². The Morgan fingerprint density at radius 3 is 2.74 bits per heavy atom. The van der Waals surface area contributed by atoms with Crippen LogP contribution < -0.4 is 10.2 Å². The van der Waals surface area contributed by atoms with E-state index >= 15 is 0 Å². The molecule has 1 heterocycles. The van der Waals surface area contributed by atoms with E-state index < -0.39 is 0 Å². The van der Waals surface area contributed by atoms with Gasteiger partial charge in [0.15, 0.2) is 0 Å². The smallest absolute Gasteiger partial charge is 0.230 e. The van der Waals surface area contributed by atoms with Crippen molar-refractivity contribution in [2.75, 3.05) is 25.0 Å². The van der Waals surface area contributed by atoms with Crippen LogP contribution >= 0.6 is 15.9 Å². The molecule has 1 fully saturated rings. The molecule has 1 aromatic carbocycles. The summed E-state index contributed by atoms with van der Waals surface area (Å²) in [6, 6.07) is 5.90. The summed E-state index contributed by atoms with van der Waals surface area (Å²) in [4.78, 5) is 13.5. The van der Waals surface area contributed by atoms with Crippen LogP contribution in [0.15, 0.2) is 22.7 Å². The second-order valence-electron chi connectivity index (χ2n) is 5.32. The topological polar surface area (TPSA) is 33.5 Å². The van der Waals surface area contributed by atoms with Crippen LogP contribution in [-0.4, -0.2) is 25.5 Å². The first-order chi connectivity index (χ1) is 9.15. The molecule has 0 aliphatic carbocycles. The predicted octanol–water partition coefficient (Wildman–Crippen LogP) is 2.15. The summed E-state index contributed by atoms with van der Waals surface area (Å²) in [6.45, 7) is 5.44. The quantitative estimate of drug-likeness (QED) is 0.873. The van der Waals surface area contributed by atoms with Crippen LogP contribution in [0, 0.1) is 6.92 Å². The molecule has 0 aromatic heterocycles. The van der Waals surface area contributed by atoms with Crippen LogP contribution in [0.4, 0.5) is 5.69 Å². The van der Waals surface area contributed by atoms with Crippen molar-refractivity contribution in [2.24, 2.45) is 0 Å². The van der Waals surface area contributed by atoms with Gasteiger partial charge in [-0.15, -0.1) is 0 Å². The van der Waals surface area contributed by atoms with E-state index in [4.69, 9.17) is 0 Å². The number of piperidine rings is 1. The molecule has 1 aromatic rings. The molecule has 2 rings (SSSR count). The third-order valence-corrected chi connectivity index (χ3v) is 4.60. The summed E-state index contributed by atoms with van der Waals surface area (Å²) in [5, 5.41) is 2.98. The maximum atomic E-state index is 11.9. The summed E-state index contributed by atoms with van der Waals surface area (Å²) >= 11 is 3.46. The van der Waals surface area contributed by atoms with E-state index in [-0.39, 0.29) is 5.91 Å². The number of anilines is 1. The number of quaternary nitrogens is 1. The molecular formula is C15H22BrN2O+. The Kier molecular flexibility index (Phi) is 5.40. The molecule has 1 saturated heterocycles. The molecular weight excluding hydrogens is 304 g/mol. The fraction of sp³-hybridized carbons (Fsp3) is 0.533. The molecule has 2 N–H and O–H groups in total. The zero-order chi connectivity index (χ0) is 13.7. The Labute approximate surface area is 123 Å². The Bertz CT molecular complexity index is 442. The fourth-order valence-corrected chi connectivity index (χ4v) is 2.78. The summed E-state index contributed by atoms with van der Waals surface area (Å²) in [5.74, 6) is 0.125. The van der Waals surface area contributed by atoms with Gasteiger partial charge in [-0.25, -0.2) is 0 Å². The number of nitrogens with one attached hydrogen (secondary N) is 2. The lowest BCUT2D eigenvalue weighted by molar-refractivity contribution is -0.904. The van der Waals surface area contributed by atoms with Crippen LogP contribution in [-0.2, 0) is 4.79 Å². The minimum atomic E-state index is 0.125. The van der Waals surface area contributed by atoms with Crippen LogP contribution in [0.1, 0.15) is 31.2 Å². The first kappa shape index (κ1) is 14.5. The van der Waals surface area contributed by atoms with Crippen molar-refractivity contribution in [3.05, 3.63) is 28.2 Å². The second kappa shape index (κ2) is 7.06. The largest absolute Gasteiger partial charge is 0.335 e. The molecule has 0 spiro atoms. The van der Waals surface area contributed by atoms with E-state index in [2.05, 4.69) is 21.2 Å². The van der Waals surface area contributed by atoms with Gasteiger partial charge < -0.3 is 10.2 Å². The van der Waals surface area contributed by atoms with Crippen molar-refractivity contribution in [2.45, 2.75) is 32.6 Å². The molecule has 4 heteroatoms. The number of amides is 1. The average molecular weight is 326 g/mol. The number of carbonyl (C=O) groups excluding carboxylic acids is 1. The van der Waals surface area contributed by atoms with Crippen molar-refractivity contribution in [3.63, 3.8) is 0 Å². The lowest BCUT2D eigenvalue weighted by atomic mass is 10.1. The van der Waals surface area contributed by atoms with Crippen molar-refractivity contribution >= 4 is 27.5 Å². The predicted molar refractivity (Wildman–Crippen MR) is 81.5 cm³/mol. The van der Waals surface area contributed by atoms with Crippen molar-refractivity contribution in [1.29, 1.82) is 0 Å². The van der Waals surface area contributed by atoms with Crippen LogP contribution in [0.5, 0.6) is 0 Å². The molecule has 3 nitrogen and oxygen atoms in total. The maximum Gasteiger partial charge on any atom is 0.230 e. The van der Waals surface area contributed by atoms with E-state index in [0.29, 0.717) is 6.42 Å². The molecule has 0 bridgehead atoms. The molecule has 104 valence electrons. The first-order valence-electron chi connectivity index (χ1n) is 7.05. The molecule has 19 heavy (non-hydrogen) atoms. The molecule has 0 radical (unpaired) electrons. The minimum absolute atomic E-state index is 0.125. The Balaban J connectivity index is 1.78. The van der Waals surface area contributed by atoms with Gasteiger partial charge in [-0.1, -0.05) is 15.9 Å². The lowest BCUT2D eigenvalue weighted by Gasteiger charge is -2.23. The number of rotatable bonds is 4. The SMILES string of the molecule is Cc1cc(NC(=O)CC[NH+]2CCCCC2)ccc1Br. The van der Waals surface area contributed by atoms with Gasteiger partial charge in [-0.2, -0.15) is 0 Å². The summed E-state index contributed by atoms with van der Waals surface area (Å²) in [6.07, 6.45) is 4.59. The van der Waals surface area contributed by atoms with Gasteiger partial charge in [0, 0.05) is 10.2 Å². The van der Waals surface area contributed by atoms with Gasteiger partial charge in [0.25, 0.3) is 0 Å². The zero-order valence-electron chi connectivity index (χ0n) is 11.5. The van der Waals surface area contributed by atoms with E-state index in [1.807, 2.05) is 25.1 Å². The standard InChI is InChI=1S/C15H21BrN2O/c1-12-11-13(5-6-14(12)16)17-15(19)7-10-18-8-3-2-4-9-18/h5-6,11H,2-4,7-10H2,1H3,(H,17,19)/p+1. The summed E-state index contributed by atoms with van der Waals surface area (Å²) in [5.41, 5.74) is 2.03. The Morgan fingerprint density at radius 2 is 2.05 bits per heavy atom. The van der Waals surface area contributed by atoms with Crippen molar-refractivity contribution in [1.82, 2.24) is 0 Å².